The molecule has 1 aliphatic heterocycles. The molecule has 0 radical (unpaired) electrons. The molecule has 0 bridgehead atoms. The molecule has 1 amide bonds. The van der Waals surface area contributed by atoms with Gasteiger partial charge in [-0.25, -0.2) is 0 Å². The third kappa shape index (κ3) is 1.97. The summed E-state index contributed by atoms with van der Waals surface area (Å²) in [6.07, 6.45) is 2.73. The van der Waals surface area contributed by atoms with Crippen LogP contribution in [-0.2, 0) is 4.79 Å². The van der Waals surface area contributed by atoms with Gasteiger partial charge in [0.25, 0.3) is 0 Å². The van der Waals surface area contributed by atoms with Crippen molar-refractivity contribution in [2.75, 3.05) is 14.1 Å². The Morgan fingerprint density at radius 2 is 2.25 bits per heavy atom. The number of rotatable bonds is 1. The molecule has 2 atom stereocenters. The summed E-state index contributed by atoms with van der Waals surface area (Å²) in [5, 5.41) is 3.24. The standard InChI is InChI=1S/C9H18N2O/c1-7-6-8(10-2)4-5-9(12)11(7)3/h7-8,10H,4-6H2,1-3H3. The van der Waals surface area contributed by atoms with E-state index in [9.17, 15) is 4.79 Å². The number of amides is 1. The first kappa shape index (κ1) is 9.52. The molecule has 0 spiro atoms. The summed E-state index contributed by atoms with van der Waals surface area (Å²) in [4.78, 5) is 13.2. The van der Waals surface area contributed by atoms with Crippen LogP contribution in [0.25, 0.3) is 0 Å². The third-order valence-electron chi connectivity index (χ3n) is 2.80. The molecule has 1 fully saturated rings. The first-order chi connectivity index (χ1) is 5.65. The van der Waals surface area contributed by atoms with E-state index in [1.165, 1.54) is 0 Å². The van der Waals surface area contributed by atoms with Crippen LogP contribution < -0.4 is 5.32 Å². The summed E-state index contributed by atoms with van der Waals surface area (Å²) in [6.45, 7) is 2.10. The monoisotopic (exact) mass is 170 g/mol. The fourth-order valence-corrected chi connectivity index (χ4v) is 1.67. The number of nitrogens with zero attached hydrogens (tertiary/aromatic N) is 1. The molecule has 3 heteroatoms. The summed E-state index contributed by atoms with van der Waals surface area (Å²) in [5.41, 5.74) is 0. The van der Waals surface area contributed by atoms with Crippen molar-refractivity contribution in [3.8, 4) is 0 Å². The van der Waals surface area contributed by atoms with Crippen LogP contribution >= 0.6 is 0 Å². The fourth-order valence-electron chi connectivity index (χ4n) is 1.67. The topological polar surface area (TPSA) is 32.3 Å². The van der Waals surface area contributed by atoms with E-state index in [2.05, 4.69) is 12.2 Å². The van der Waals surface area contributed by atoms with E-state index in [4.69, 9.17) is 0 Å². The number of likely N-dealkylation sites (tertiary alicyclic amines) is 1. The molecule has 0 aliphatic carbocycles. The highest BCUT2D eigenvalue weighted by Crippen LogP contribution is 2.15. The van der Waals surface area contributed by atoms with Crippen LogP contribution in [0.2, 0.25) is 0 Å². The zero-order chi connectivity index (χ0) is 9.14. The van der Waals surface area contributed by atoms with Gasteiger partial charge in [0, 0.05) is 25.6 Å². The van der Waals surface area contributed by atoms with E-state index < -0.39 is 0 Å². The van der Waals surface area contributed by atoms with Crippen molar-refractivity contribution in [1.29, 1.82) is 0 Å². The van der Waals surface area contributed by atoms with Gasteiger partial charge in [-0.05, 0) is 26.8 Å². The molecule has 1 saturated heterocycles. The minimum atomic E-state index is 0.278. The van der Waals surface area contributed by atoms with Gasteiger partial charge in [0.15, 0.2) is 0 Å². The second kappa shape index (κ2) is 3.90. The molecule has 12 heavy (non-hydrogen) atoms. The Labute approximate surface area is 74.1 Å². The molecular weight excluding hydrogens is 152 g/mol. The van der Waals surface area contributed by atoms with Crippen molar-refractivity contribution in [3.63, 3.8) is 0 Å². The first-order valence-corrected chi connectivity index (χ1v) is 4.58. The van der Waals surface area contributed by atoms with Gasteiger partial charge >= 0.3 is 0 Å². The first-order valence-electron chi connectivity index (χ1n) is 4.58. The van der Waals surface area contributed by atoms with E-state index in [-0.39, 0.29) is 5.91 Å². The summed E-state index contributed by atoms with van der Waals surface area (Å²) < 4.78 is 0. The fraction of sp³-hybridized carbons (Fsp3) is 0.889. The van der Waals surface area contributed by atoms with Crippen LogP contribution in [0, 0.1) is 0 Å². The average Bonchev–Trinajstić information content (AvgIpc) is 2.19. The minimum absolute atomic E-state index is 0.278. The van der Waals surface area contributed by atoms with E-state index in [1.54, 1.807) is 0 Å². The van der Waals surface area contributed by atoms with Gasteiger partial charge in [-0.15, -0.1) is 0 Å². The van der Waals surface area contributed by atoms with Crippen LogP contribution in [0.4, 0.5) is 0 Å². The van der Waals surface area contributed by atoms with Crippen molar-refractivity contribution in [2.24, 2.45) is 0 Å². The maximum Gasteiger partial charge on any atom is 0.222 e. The zero-order valence-electron chi connectivity index (χ0n) is 8.13. The molecule has 1 heterocycles. The molecule has 2 unspecified atom stereocenters. The van der Waals surface area contributed by atoms with Crippen LogP contribution in [0.15, 0.2) is 0 Å². The number of hydrogen-bond donors (Lipinski definition) is 1. The van der Waals surface area contributed by atoms with Crippen LogP contribution in [-0.4, -0.2) is 37.0 Å². The highest BCUT2D eigenvalue weighted by molar-refractivity contribution is 5.76. The number of hydrogen-bond acceptors (Lipinski definition) is 2. The van der Waals surface area contributed by atoms with Gasteiger partial charge in [0.05, 0.1) is 0 Å². The molecule has 0 aromatic heterocycles. The lowest BCUT2D eigenvalue weighted by Crippen LogP contribution is -2.35. The highest BCUT2D eigenvalue weighted by atomic mass is 16.2. The molecule has 1 aliphatic rings. The van der Waals surface area contributed by atoms with E-state index in [0.717, 1.165) is 12.8 Å². The van der Waals surface area contributed by atoms with Gasteiger partial charge in [0.1, 0.15) is 0 Å². The van der Waals surface area contributed by atoms with E-state index in [1.807, 2.05) is 19.0 Å². The third-order valence-corrected chi connectivity index (χ3v) is 2.80. The number of carbonyl (C=O) groups excluding carboxylic acids is 1. The molecule has 0 aromatic rings. The number of nitrogens with one attached hydrogen (secondary N) is 1. The van der Waals surface area contributed by atoms with Crippen LogP contribution in [0.3, 0.4) is 0 Å². The van der Waals surface area contributed by atoms with Gasteiger partial charge in [-0.2, -0.15) is 0 Å². The zero-order valence-corrected chi connectivity index (χ0v) is 8.13. The number of carbonyl (C=O) groups is 1. The Morgan fingerprint density at radius 3 is 2.83 bits per heavy atom. The van der Waals surface area contributed by atoms with Gasteiger partial charge in [-0.1, -0.05) is 0 Å². The van der Waals surface area contributed by atoms with Gasteiger partial charge in [-0.3, -0.25) is 4.79 Å². The summed E-state index contributed by atoms with van der Waals surface area (Å²) in [5.74, 6) is 0.278. The largest absolute Gasteiger partial charge is 0.343 e. The van der Waals surface area contributed by atoms with Crippen molar-refractivity contribution in [3.05, 3.63) is 0 Å². The molecule has 1 rings (SSSR count). The van der Waals surface area contributed by atoms with Crippen molar-refractivity contribution in [2.45, 2.75) is 38.3 Å². The smallest absolute Gasteiger partial charge is 0.222 e. The SMILES string of the molecule is CNC1CCC(=O)N(C)C(C)C1. The Kier molecular flexibility index (Phi) is 3.09. The Balaban J connectivity index is 2.59. The maximum atomic E-state index is 11.4. The highest BCUT2D eigenvalue weighted by Gasteiger charge is 2.23. The summed E-state index contributed by atoms with van der Waals surface area (Å²) in [6, 6.07) is 0.881. The van der Waals surface area contributed by atoms with Crippen molar-refractivity contribution >= 4 is 5.91 Å². The minimum Gasteiger partial charge on any atom is -0.343 e. The van der Waals surface area contributed by atoms with Crippen molar-refractivity contribution < 1.29 is 4.79 Å². The lowest BCUT2D eigenvalue weighted by atomic mass is 10.1. The van der Waals surface area contributed by atoms with E-state index >= 15 is 0 Å². The Morgan fingerprint density at radius 1 is 1.58 bits per heavy atom. The predicted molar refractivity (Wildman–Crippen MR) is 48.9 cm³/mol. The second-order valence-corrected chi connectivity index (χ2v) is 3.61. The van der Waals surface area contributed by atoms with Crippen LogP contribution in [0.5, 0.6) is 0 Å². The van der Waals surface area contributed by atoms with Crippen LogP contribution in [0.1, 0.15) is 26.2 Å². The molecule has 0 saturated carbocycles. The summed E-state index contributed by atoms with van der Waals surface area (Å²) in [7, 11) is 3.86. The maximum absolute atomic E-state index is 11.4. The Hall–Kier alpha value is -0.570. The normalized spacial score (nSPS) is 31.9. The van der Waals surface area contributed by atoms with Crippen molar-refractivity contribution in [1.82, 2.24) is 10.2 Å². The molecular formula is C9H18N2O. The lowest BCUT2D eigenvalue weighted by Gasteiger charge is -2.23. The molecule has 3 nitrogen and oxygen atoms in total. The van der Waals surface area contributed by atoms with Gasteiger partial charge < -0.3 is 10.2 Å². The molecule has 70 valence electrons. The van der Waals surface area contributed by atoms with E-state index in [0.29, 0.717) is 18.5 Å². The second-order valence-electron chi connectivity index (χ2n) is 3.61. The molecule has 1 N–H and O–H groups in total. The quantitative estimate of drug-likeness (QED) is 0.625. The van der Waals surface area contributed by atoms with Gasteiger partial charge in [0.2, 0.25) is 5.91 Å². The Bertz CT molecular complexity index is 170. The molecule has 0 aromatic carbocycles. The predicted octanol–water partition coefficient (Wildman–Crippen LogP) is 0.605. The summed E-state index contributed by atoms with van der Waals surface area (Å²) >= 11 is 0. The average molecular weight is 170 g/mol. The lowest BCUT2D eigenvalue weighted by molar-refractivity contribution is -0.130.